The van der Waals surface area contributed by atoms with Gasteiger partial charge in [-0.1, -0.05) is 96.0 Å². The highest BCUT2D eigenvalue weighted by Gasteiger charge is 2.39. The first-order valence-corrected chi connectivity index (χ1v) is 14.8. The first-order chi connectivity index (χ1) is 12.4. The van der Waals surface area contributed by atoms with E-state index in [0.29, 0.717) is 5.92 Å². The molecule has 1 rings (SSSR count). The van der Waals surface area contributed by atoms with Crippen LogP contribution in [-0.4, -0.2) is 21.2 Å². The summed E-state index contributed by atoms with van der Waals surface area (Å²) in [5.74, 6) is 0.629. The van der Waals surface area contributed by atoms with Gasteiger partial charge in [0.2, 0.25) is 0 Å². The van der Waals surface area contributed by atoms with Crippen LogP contribution in [0.5, 0.6) is 0 Å². The number of rotatable bonds is 12. The van der Waals surface area contributed by atoms with Gasteiger partial charge >= 0.3 is 5.97 Å². The number of hydrogen-bond acceptors (Lipinski definition) is 2. The van der Waals surface area contributed by atoms with E-state index in [1.54, 1.807) is 7.11 Å². The Morgan fingerprint density at radius 2 is 1.58 bits per heavy atom. The normalized spacial score (nSPS) is 18.0. The van der Waals surface area contributed by atoms with Crippen LogP contribution in [0, 0.1) is 5.92 Å². The van der Waals surface area contributed by atoms with Crippen molar-refractivity contribution < 1.29 is 9.53 Å². The zero-order chi connectivity index (χ0) is 19.4. The van der Waals surface area contributed by atoms with Crippen molar-refractivity contribution in [1.29, 1.82) is 0 Å². The number of carbonyl (C=O) groups excluding carboxylic acids is 1. The van der Waals surface area contributed by atoms with Gasteiger partial charge in [-0.3, -0.25) is 4.79 Å². The van der Waals surface area contributed by atoms with Gasteiger partial charge in [-0.2, -0.15) is 0 Å². The lowest BCUT2D eigenvalue weighted by atomic mass is 9.81. The maximum absolute atomic E-state index is 12.6. The minimum atomic E-state index is -1.65. The van der Waals surface area contributed by atoms with Crippen molar-refractivity contribution in [2.24, 2.45) is 5.92 Å². The number of esters is 1. The van der Waals surface area contributed by atoms with Crippen molar-refractivity contribution in [3.63, 3.8) is 0 Å². The van der Waals surface area contributed by atoms with E-state index in [1.165, 1.54) is 82.6 Å². The Balaban J connectivity index is 2.72. The third-order valence-electron chi connectivity index (χ3n) is 5.90. The van der Waals surface area contributed by atoms with E-state index >= 15 is 0 Å². The van der Waals surface area contributed by atoms with Gasteiger partial charge in [-0.05, 0) is 31.6 Å². The largest absolute Gasteiger partial charge is 0.469 e. The molecule has 0 N–H and O–H groups in total. The van der Waals surface area contributed by atoms with Gasteiger partial charge in [0.25, 0.3) is 0 Å². The van der Waals surface area contributed by atoms with Gasteiger partial charge < -0.3 is 4.74 Å². The SMILES string of the molecule is CCCCCCCCC/C=C(/C1CCCCC1)C(C(=O)OC)[Si](C)(C)C. The van der Waals surface area contributed by atoms with E-state index in [4.69, 9.17) is 4.74 Å². The fourth-order valence-corrected chi connectivity index (χ4v) is 6.61. The quantitative estimate of drug-likeness (QED) is 0.151. The van der Waals surface area contributed by atoms with Crippen molar-refractivity contribution in [3.05, 3.63) is 11.6 Å². The monoisotopic (exact) mass is 380 g/mol. The minimum Gasteiger partial charge on any atom is -0.469 e. The van der Waals surface area contributed by atoms with Gasteiger partial charge in [0.15, 0.2) is 0 Å². The molecule has 1 atom stereocenters. The number of carbonyl (C=O) groups is 1. The molecule has 0 amide bonds. The number of allylic oxidation sites excluding steroid dienone is 1. The van der Waals surface area contributed by atoms with Gasteiger partial charge in [-0.25, -0.2) is 0 Å². The maximum atomic E-state index is 12.6. The van der Waals surface area contributed by atoms with Crippen LogP contribution in [0.1, 0.15) is 90.4 Å². The molecule has 0 aromatic heterocycles. The molecule has 2 nitrogen and oxygen atoms in total. The van der Waals surface area contributed by atoms with Crippen molar-refractivity contribution in [3.8, 4) is 0 Å². The summed E-state index contributed by atoms with van der Waals surface area (Å²) in [4.78, 5) is 12.6. The van der Waals surface area contributed by atoms with Gasteiger partial charge in [-0.15, -0.1) is 0 Å². The summed E-state index contributed by atoms with van der Waals surface area (Å²) in [6.07, 6.45) is 19.5. The number of hydrogen-bond donors (Lipinski definition) is 0. The van der Waals surface area contributed by atoms with Crippen LogP contribution in [0.2, 0.25) is 25.2 Å². The number of ether oxygens (including phenoxy) is 1. The summed E-state index contributed by atoms with van der Waals surface area (Å²) in [5, 5.41) is 0. The highest BCUT2D eigenvalue weighted by molar-refractivity contribution is 6.81. The zero-order valence-electron chi connectivity index (χ0n) is 18.2. The predicted octanol–water partition coefficient (Wildman–Crippen LogP) is 7.52. The Labute approximate surface area is 164 Å². The third kappa shape index (κ3) is 8.41. The second kappa shape index (κ2) is 12.7. The molecule has 0 heterocycles. The van der Waals surface area contributed by atoms with Crippen LogP contribution in [0.3, 0.4) is 0 Å². The molecule has 26 heavy (non-hydrogen) atoms. The van der Waals surface area contributed by atoms with Crippen molar-refractivity contribution >= 4 is 14.0 Å². The Bertz CT molecular complexity index is 416. The van der Waals surface area contributed by atoms with E-state index < -0.39 is 8.07 Å². The topological polar surface area (TPSA) is 26.3 Å². The lowest BCUT2D eigenvalue weighted by Crippen LogP contribution is -2.38. The first kappa shape index (κ1) is 23.5. The van der Waals surface area contributed by atoms with E-state index in [0.717, 1.165) is 6.42 Å². The molecule has 1 aliphatic rings. The molecule has 3 heteroatoms. The lowest BCUT2D eigenvalue weighted by molar-refractivity contribution is -0.140. The van der Waals surface area contributed by atoms with Gasteiger partial charge in [0.1, 0.15) is 0 Å². The van der Waals surface area contributed by atoms with E-state index in [1.807, 2.05) is 0 Å². The minimum absolute atomic E-state index is 0.0144. The Hall–Kier alpha value is -0.573. The summed E-state index contributed by atoms with van der Waals surface area (Å²) in [6.45, 7) is 9.23. The first-order valence-electron chi connectivity index (χ1n) is 11.2. The van der Waals surface area contributed by atoms with E-state index in [9.17, 15) is 4.79 Å². The van der Waals surface area contributed by atoms with Crippen LogP contribution in [0.25, 0.3) is 0 Å². The molecule has 0 aliphatic heterocycles. The summed E-state index contributed by atoms with van der Waals surface area (Å²) in [5.41, 5.74) is 1.49. The molecule has 1 aliphatic carbocycles. The van der Waals surface area contributed by atoms with Crippen molar-refractivity contribution in [2.75, 3.05) is 7.11 Å². The number of unbranched alkanes of at least 4 members (excludes halogenated alkanes) is 7. The molecule has 1 unspecified atom stereocenters. The molecular formula is C23H44O2Si. The highest BCUT2D eigenvalue weighted by Crippen LogP contribution is 2.41. The average molecular weight is 381 g/mol. The van der Waals surface area contributed by atoms with E-state index in [2.05, 4.69) is 32.6 Å². The molecule has 1 fully saturated rings. The molecule has 0 bridgehead atoms. The molecule has 1 saturated carbocycles. The van der Waals surface area contributed by atoms with Crippen LogP contribution in [0.15, 0.2) is 11.6 Å². The second-order valence-electron chi connectivity index (χ2n) is 9.27. The van der Waals surface area contributed by atoms with Crippen molar-refractivity contribution in [1.82, 2.24) is 0 Å². The third-order valence-corrected chi connectivity index (χ3v) is 8.20. The smallest absolute Gasteiger partial charge is 0.309 e. The van der Waals surface area contributed by atoms with Crippen molar-refractivity contribution in [2.45, 2.75) is 116 Å². The Kier molecular flexibility index (Phi) is 11.5. The molecule has 0 radical (unpaired) electrons. The fourth-order valence-electron chi connectivity index (χ4n) is 4.43. The Morgan fingerprint density at radius 1 is 1.00 bits per heavy atom. The summed E-state index contributed by atoms with van der Waals surface area (Å²) >= 11 is 0. The van der Waals surface area contributed by atoms with Gasteiger partial charge in [0.05, 0.1) is 20.7 Å². The highest BCUT2D eigenvalue weighted by atomic mass is 28.3. The van der Waals surface area contributed by atoms with Crippen LogP contribution >= 0.6 is 0 Å². The standard InChI is InChI=1S/C23H44O2Si/c1-6-7-8-9-10-11-12-16-19-21(20-17-14-13-15-18-20)22(23(24)25-2)26(3,4)5/h19-20,22H,6-18H2,1-5H3/b21-19-. The summed E-state index contributed by atoms with van der Waals surface area (Å²) < 4.78 is 5.25. The molecule has 0 saturated heterocycles. The summed E-state index contributed by atoms with van der Waals surface area (Å²) in [7, 11) is -0.0911. The lowest BCUT2D eigenvalue weighted by Gasteiger charge is -2.35. The maximum Gasteiger partial charge on any atom is 0.309 e. The zero-order valence-corrected chi connectivity index (χ0v) is 19.2. The molecule has 0 aromatic carbocycles. The second-order valence-corrected chi connectivity index (χ2v) is 14.6. The predicted molar refractivity (Wildman–Crippen MR) is 116 cm³/mol. The van der Waals surface area contributed by atoms with E-state index in [-0.39, 0.29) is 11.5 Å². The fraction of sp³-hybridized carbons (Fsp3) is 0.870. The van der Waals surface area contributed by atoms with Crippen LogP contribution in [0.4, 0.5) is 0 Å². The molecular weight excluding hydrogens is 336 g/mol. The molecule has 152 valence electrons. The summed E-state index contributed by atoms with van der Waals surface area (Å²) in [6, 6.07) is 0. The molecule has 0 spiro atoms. The van der Waals surface area contributed by atoms with Crippen LogP contribution < -0.4 is 0 Å². The average Bonchev–Trinajstić information content (AvgIpc) is 2.62. The van der Waals surface area contributed by atoms with Gasteiger partial charge in [0, 0.05) is 0 Å². The number of methoxy groups -OCH3 is 1. The molecule has 0 aromatic rings. The van der Waals surface area contributed by atoms with Crippen LogP contribution in [-0.2, 0) is 9.53 Å². The Morgan fingerprint density at radius 3 is 2.12 bits per heavy atom.